The number of hydrogen-bond donors (Lipinski definition) is 0. The molecule has 0 aliphatic carbocycles. The first-order valence-electron chi connectivity index (χ1n) is 14.3. The first-order valence-corrected chi connectivity index (χ1v) is 14.3. The maximum absolute atomic E-state index is 6.61. The molecule has 198 valence electrons. The van der Waals surface area contributed by atoms with Crippen LogP contribution in [0.1, 0.15) is 0 Å². The van der Waals surface area contributed by atoms with Crippen LogP contribution in [0.3, 0.4) is 0 Å². The Bertz CT molecular complexity index is 2160. The Balaban J connectivity index is 1.22. The van der Waals surface area contributed by atoms with Crippen molar-refractivity contribution in [3.05, 3.63) is 164 Å². The Morgan fingerprint density at radius 3 is 1.57 bits per heavy atom. The van der Waals surface area contributed by atoms with Gasteiger partial charge in [0.1, 0.15) is 5.58 Å². The molecule has 0 aliphatic heterocycles. The molecule has 0 spiro atoms. The van der Waals surface area contributed by atoms with Gasteiger partial charge in [-0.25, -0.2) is 0 Å². The van der Waals surface area contributed by atoms with E-state index in [1.807, 2.05) is 0 Å². The molecular formula is C40H27NO. The highest BCUT2D eigenvalue weighted by atomic mass is 16.3. The van der Waals surface area contributed by atoms with Gasteiger partial charge in [0.05, 0.1) is 5.69 Å². The van der Waals surface area contributed by atoms with E-state index in [2.05, 4.69) is 169 Å². The summed E-state index contributed by atoms with van der Waals surface area (Å²) in [6.07, 6.45) is 0. The lowest BCUT2D eigenvalue weighted by molar-refractivity contribution is 0.669. The van der Waals surface area contributed by atoms with Gasteiger partial charge in [-0.15, -0.1) is 0 Å². The van der Waals surface area contributed by atoms with Gasteiger partial charge in [0.25, 0.3) is 0 Å². The summed E-state index contributed by atoms with van der Waals surface area (Å²) in [4.78, 5) is 2.28. The van der Waals surface area contributed by atoms with E-state index in [4.69, 9.17) is 4.42 Å². The standard InChI is InChI=1S/C40H27NO/c1-3-10-28(11-4-1)29-18-20-30(21-19-29)31-22-24-35(25-23-31)41(34-14-5-2-6-15-34)38-17-9-16-36-37-26-32-12-7-8-13-33(32)27-39(37)42-40(36)38/h1-27H. The summed E-state index contributed by atoms with van der Waals surface area (Å²) in [6, 6.07) is 57.9. The summed E-state index contributed by atoms with van der Waals surface area (Å²) < 4.78 is 6.61. The molecule has 2 heteroatoms. The van der Waals surface area contributed by atoms with Crippen LogP contribution < -0.4 is 4.90 Å². The molecule has 1 heterocycles. The molecule has 42 heavy (non-hydrogen) atoms. The first kappa shape index (κ1) is 24.2. The Morgan fingerprint density at radius 1 is 0.381 bits per heavy atom. The van der Waals surface area contributed by atoms with Crippen LogP contribution in [0, 0.1) is 0 Å². The molecule has 1 aromatic heterocycles. The molecule has 0 saturated carbocycles. The Morgan fingerprint density at radius 2 is 0.905 bits per heavy atom. The quantitative estimate of drug-likeness (QED) is 0.217. The first-order chi connectivity index (χ1) is 20.8. The third kappa shape index (κ3) is 4.22. The van der Waals surface area contributed by atoms with Crippen LogP contribution in [0.15, 0.2) is 168 Å². The summed E-state index contributed by atoms with van der Waals surface area (Å²) in [5.41, 5.74) is 9.77. The average molecular weight is 538 g/mol. The van der Waals surface area contributed by atoms with Crippen LogP contribution in [-0.4, -0.2) is 0 Å². The van der Waals surface area contributed by atoms with E-state index in [0.29, 0.717) is 0 Å². The fourth-order valence-electron chi connectivity index (χ4n) is 5.94. The van der Waals surface area contributed by atoms with E-state index in [1.54, 1.807) is 0 Å². The average Bonchev–Trinajstić information content (AvgIpc) is 3.43. The number of rotatable bonds is 5. The molecule has 0 fully saturated rings. The van der Waals surface area contributed by atoms with Crippen molar-refractivity contribution in [3.8, 4) is 22.3 Å². The van der Waals surface area contributed by atoms with Crippen molar-refractivity contribution in [2.75, 3.05) is 4.90 Å². The van der Waals surface area contributed by atoms with Crippen LogP contribution in [-0.2, 0) is 0 Å². The maximum Gasteiger partial charge on any atom is 0.159 e. The summed E-state index contributed by atoms with van der Waals surface area (Å²) in [6.45, 7) is 0. The highest BCUT2D eigenvalue weighted by Gasteiger charge is 2.19. The van der Waals surface area contributed by atoms with Gasteiger partial charge in [0.2, 0.25) is 0 Å². The van der Waals surface area contributed by atoms with Gasteiger partial charge in [0, 0.05) is 22.1 Å². The Labute approximate surface area is 244 Å². The van der Waals surface area contributed by atoms with E-state index < -0.39 is 0 Å². The zero-order valence-electron chi connectivity index (χ0n) is 22.9. The van der Waals surface area contributed by atoms with Crippen molar-refractivity contribution in [1.82, 2.24) is 0 Å². The number of hydrogen-bond acceptors (Lipinski definition) is 2. The van der Waals surface area contributed by atoms with Gasteiger partial charge in [-0.3, -0.25) is 0 Å². The molecule has 0 unspecified atom stereocenters. The predicted octanol–water partition coefficient (Wildman–Crippen LogP) is 11.5. The highest BCUT2D eigenvalue weighted by Crippen LogP contribution is 2.43. The van der Waals surface area contributed by atoms with Crippen molar-refractivity contribution >= 4 is 49.8 Å². The maximum atomic E-state index is 6.61. The minimum Gasteiger partial charge on any atom is -0.454 e. The lowest BCUT2D eigenvalue weighted by atomic mass is 10.00. The molecule has 7 aromatic carbocycles. The predicted molar refractivity (Wildman–Crippen MR) is 177 cm³/mol. The van der Waals surface area contributed by atoms with Crippen molar-refractivity contribution in [2.45, 2.75) is 0 Å². The fraction of sp³-hybridized carbons (Fsp3) is 0. The lowest BCUT2D eigenvalue weighted by Crippen LogP contribution is -2.10. The van der Waals surface area contributed by atoms with Gasteiger partial charge < -0.3 is 9.32 Å². The topological polar surface area (TPSA) is 16.4 Å². The van der Waals surface area contributed by atoms with E-state index in [9.17, 15) is 0 Å². The van der Waals surface area contributed by atoms with Crippen LogP contribution in [0.25, 0.3) is 55.0 Å². The Kier molecular flexibility index (Phi) is 5.82. The van der Waals surface area contributed by atoms with Crippen LogP contribution in [0.2, 0.25) is 0 Å². The third-order valence-electron chi connectivity index (χ3n) is 8.05. The molecule has 8 rings (SSSR count). The molecule has 0 N–H and O–H groups in total. The minimum atomic E-state index is 0.882. The van der Waals surface area contributed by atoms with E-state index in [-0.39, 0.29) is 0 Å². The van der Waals surface area contributed by atoms with E-state index in [0.717, 1.165) is 39.0 Å². The molecular weight excluding hydrogens is 510 g/mol. The zero-order chi connectivity index (χ0) is 27.9. The Hall–Kier alpha value is -5.60. The van der Waals surface area contributed by atoms with Crippen molar-refractivity contribution in [2.24, 2.45) is 0 Å². The number of benzene rings is 7. The van der Waals surface area contributed by atoms with E-state index >= 15 is 0 Å². The minimum absolute atomic E-state index is 0.882. The van der Waals surface area contributed by atoms with Gasteiger partial charge in [-0.2, -0.15) is 0 Å². The largest absolute Gasteiger partial charge is 0.454 e. The number of anilines is 3. The van der Waals surface area contributed by atoms with Crippen LogP contribution in [0.5, 0.6) is 0 Å². The summed E-state index contributed by atoms with van der Waals surface area (Å²) in [5, 5.41) is 4.64. The van der Waals surface area contributed by atoms with Gasteiger partial charge in [0.15, 0.2) is 5.58 Å². The fourth-order valence-corrected chi connectivity index (χ4v) is 5.94. The zero-order valence-corrected chi connectivity index (χ0v) is 22.9. The molecule has 8 aromatic rings. The molecule has 0 saturated heterocycles. The third-order valence-corrected chi connectivity index (χ3v) is 8.05. The van der Waals surface area contributed by atoms with Crippen molar-refractivity contribution in [1.29, 1.82) is 0 Å². The summed E-state index contributed by atoms with van der Waals surface area (Å²) >= 11 is 0. The van der Waals surface area contributed by atoms with Crippen LogP contribution in [0.4, 0.5) is 17.1 Å². The second kappa shape index (κ2) is 10.1. The van der Waals surface area contributed by atoms with Crippen molar-refractivity contribution < 1.29 is 4.42 Å². The number of furan rings is 1. The smallest absolute Gasteiger partial charge is 0.159 e. The second-order valence-corrected chi connectivity index (χ2v) is 10.6. The second-order valence-electron chi connectivity index (χ2n) is 10.6. The number of para-hydroxylation sites is 2. The highest BCUT2D eigenvalue weighted by molar-refractivity contribution is 6.13. The normalized spacial score (nSPS) is 11.3. The van der Waals surface area contributed by atoms with E-state index in [1.165, 1.54) is 33.0 Å². The van der Waals surface area contributed by atoms with Gasteiger partial charge in [-0.1, -0.05) is 121 Å². The van der Waals surface area contributed by atoms with Crippen molar-refractivity contribution in [3.63, 3.8) is 0 Å². The molecule has 0 radical (unpaired) electrons. The number of fused-ring (bicyclic) bond motifs is 4. The molecule has 2 nitrogen and oxygen atoms in total. The molecule has 0 atom stereocenters. The number of nitrogens with zero attached hydrogens (tertiary/aromatic N) is 1. The monoisotopic (exact) mass is 537 g/mol. The van der Waals surface area contributed by atoms with Gasteiger partial charge in [-0.05, 0) is 75.5 Å². The molecule has 0 bridgehead atoms. The SMILES string of the molecule is c1ccc(-c2ccc(-c3ccc(N(c4ccccc4)c4cccc5c4oc4cc6ccccc6cc45)cc3)cc2)cc1. The van der Waals surface area contributed by atoms with Crippen LogP contribution >= 0.6 is 0 Å². The lowest BCUT2D eigenvalue weighted by Gasteiger charge is -2.25. The molecule has 0 aliphatic rings. The van der Waals surface area contributed by atoms with Gasteiger partial charge >= 0.3 is 0 Å². The summed E-state index contributed by atoms with van der Waals surface area (Å²) in [7, 11) is 0. The molecule has 0 amide bonds. The summed E-state index contributed by atoms with van der Waals surface area (Å²) in [5.74, 6) is 0.